The predicted molar refractivity (Wildman–Crippen MR) is 89.4 cm³/mol. The van der Waals surface area contributed by atoms with Gasteiger partial charge in [-0.1, -0.05) is 44.2 Å². The number of carbonyl (C=O) groups excluding carboxylic acids is 1. The van der Waals surface area contributed by atoms with Gasteiger partial charge < -0.3 is 0 Å². The molecule has 0 N–H and O–H groups in total. The molecular formula is C17H19BrOS. The van der Waals surface area contributed by atoms with Gasteiger partial charge in [0, 0.05) is 15.8 Å². The first-order valence-corrected chi connectivity index (χ1v) is 8.62. The Morgan fingerprint density at radius 2 is 1.80 bits per heavy atom. The molecule has 0 fully saturated rings. The van der Waals surface area contributed by atoms with E-state index < -0.39 is 0 Å². The maximum atomic E-state index is 12.9. The lowest BCUT2D eigenvalue weighted by Gasteiger charge is -2.30. The minimum atomic E-state index is -0.356. The van der Waals surface area contributed by atoms with Gasteiger partial charge in [-0.2, -0.15) is 0 Å². The maximum Gasteiger partial charge on any atom is 0.148 e. The summed E-state index contributed by atoms with van der Waals surface area (Å²) in [4.78, 5) is 14.1. The van der Waals surface area contributed by atoms with E-state index in [2.05, 4.69) is 41.9 Å². The van der Waals surface area contributed by atoms with E-state index in [1.165, 1.54) is 0 Å². The molecule has 20 heavy (non-hydrogen) atoms. The average Bonchev–Trinajstić information content (AvgIpc) is 2.87. The minimum absolute atomic E-state index is 0.317. The van der Waals surface area contributed by atoms with Crippen molar-refractivity contribution in [2.24, 2.45) is 0 Å². The van der Waals surface area contributed by atoms with Gasteiger partial charge in [-0.15, -0.1) is 11.3 Å². The molecule has 1 aromatic carbocycles. The number of carbonyl (C=O) groups is 1. The largest absolute Gasteiger partial charge is 0.298 e. The molecule has 2 rings (SSSR count). The second-order valence-corrected chi connectivity index (χ2v) is 6.80. The van der Waals surface area contributed by atoms with Crippen LogP contribution in [0.25, 0.3) is 0 Å². The number of ketones is 1. The van der Waals surface area contributed by atoms with Crippen LogP contribution in [0.15, 0.2) is 46.3 Å². The molecule has 0 saturated heterocycles. The molecule has 0 aliphatic rings. The van der Waals surface area contributed by atoms with Crippen molar-refractivity contribution in [2.75, 3.05) is 0 Å². The molecule has 106 valence electrons. The highest BCUT2D eigenvalue weighted by Gasteiger charge is 2.36. The molecule has 2 aromatic rings. The van der Waals surface area contributed by atoms with Crippen LogP contribution in [0, 0.1) is 0 Å². The number of halogens is 1. The predicted octanol–water partition coefficient (Wildman–Crippen LogP) is 5.38. The van der Waals surface area contributed by atoms with E-state index in [1.54, 1.807) is 11.3 Å². The van der Waals surface area contributed by atoms with Crippen molar-refractivity contribution in [3.05, 3.63) is 56.7 Å². The first-order valence-electron chi connectivity index (χ1n) is 6.94. The number of benzene rings is 1. The molecule has 1 aromatic heterocycles. The number of rotatable bonds is 6. The minimum Gasteiger partial charge on any atom is -0.298 e. The van der Waals surface area contributed by atoms with Crippen LogP contribution in [-0.2, 0) is 16.6 Å². The number of thiophene rings is 1. The number of Topliss-reactive ketones (excluding diaryl/α,β-unsaturated/α-hetero) is 1. The summed E-state index contributed by atoms with van der Waals surface area (Å²) in [5, 5.41) is 2.02. The fourth-order valence-electron chi connectivity index (χ4n) is 2.74. The summed E-state index contributed by atoms with van der Waals surface area (Å²) in [5.74, 6) is 0.317. The van der Waals surface area contributed by atoms with Crippen molar-refractivity contribution in [2.45, 2.75) is 38.5 Å². The lowest BCUT2D eigenvalue weighted by molar-refractivity contribution is -0.124. The van der Waals surface area contributed by atoms with Crippen molar-refractivity contribution < 1.29 is 4.79 Å². The van der Waals surface area contributed by atoms with Gasteiger partial charge in [0.1, 0.15) is 5.78 Å². The Bertz CT molecular complexity index is 570. The summed E-state index contributed by atoms with van der Waals surface area (Å²) in [7, 11) is 0. The zero-order valence-corrected chi connectivity index (χ0v) is 14.3. The second kappa shape index (κ2) is 6.68. The van der Waals surface area contributed by atoms with E-state index in [0.717, 1.165) is 27.8 Å². The molecule has 1 heterocycles. The fraction of sp³-hybridized carbons (Fsp3) is 0.353. The summed E-state index contributed by atoms with van der Waals surface area (Å²) in [6, 6.07) is 12.2. The number of hydrogen-bond acceptors (Lipinski definition) is 2. The molecule has 0 aliphatic carbocycles. The van der Waals surface area contributed by atoms with E-state index in [4.69, 9.17) is 0 Å². The summed E-state index contributed by atoms with van der Waals surface area (Å²) < 4.78 is 1.05. The molecule has 0 saturated carbocycles. The molecule has 0 spiro atoms. The van der Waals surface area contributed by atoms with Crippen LogP contribution in [0.4, 0.5) is 0 Å². The Balaban J connectivity index is 2.33. The zero-order chi connectivity index (χ0) is 14.6. The monoisotopic (exact) mass is 350 g/mol. The van der Waals surface area contributed by atoms with Gasteiger partial charge >= 0.3 is 0 Å². The molecule has 0 unspecified atom stereocenters. The summed E-state index contributed by atoms with van der Waals surface area (Å²) >= 11 is 5.16. The smallest absolute Gasteiger partial charge is 0.148 e. The molecule has 0 bridgehead atoms. The first kappa shape index (κ1) is 15.5. The van der Waals surface area contributed by atoms with Crippen LogP contribution in [-0.4, -0.2) is 5.78 Å². The van der Waals surface area contributed by atoms with E-state index in [-0.39, 0.29) is 5.41 Å². The van der Waals surface area contributed by atoms with Crippen LogP contribution < -0.4 is 0 Å². The Labute approximate surface area is 133 Å². The molecule has 1 nitrogen and oxygen atoms in total. The van der Waals surface area contributed by atoms with E-state index in [1.807, 2.05) is 29.6 Å². The van der Waals surface area contributed by atoms with Crippen molar-refractivity contribution in [3.8, 4) is 0 Å². The lowest BCUT2D eigenvalue weighted by atomic mass is 9.71. The van der Waals surface area contributed by atoms with Crippen LogP contribution in [0.5, 0.6) is 0 Å². The third-order valence-electron chi connectivity index (χ3n) is 4.08. The van der Waals surface area contributed by atoms with Gasteiger partial charge in [-0.05, 0) is 45.8 Å². The Morgan fingerprint density at radius 3 is 2.30 bits per heavy atom. The molecule has 3 heteroatoms. The Morgan fingerprint density at radius 1 is 1.15 bits per heavy atom. The van der Waals surface area contributed by atoms with Crippen LogP contribution >= 0.6 is 27.3 Å². The zero-order valence-electron chi connectivity index (χ0n) is 11.9. The summed E-state index contributed by atoms with van der Waals surface area (Å²) in [5.41, 5.74) is 0.785. The van der Waals surface area contributed by atoms with Crippen molar-refractivity contribution in [1.29, 1.82) is 0 Å². The van der Waals surface area contributed by atoms with Gasteiger partial charge in [-0.25, -0.2) is 0 Å². The quantitative estimate of drug-likeness (QED) is 0.683. The highest BCUT2D eigenvalue weighted by atomic mass is 79.9. The van der Waals surface area contributed by atoms with E-state index in [9.17, 15) is 4.79 Å². The highest BCUT2D eigenvalue weighted by molar-refractivity contribution is 9.10. The Kier molecular flexibility index (Phi) is 5.17. The molecule has 0 atom stereocenters. The van der Waals surface area contributed by atoms with Gasteiger partial charge in [-0.3, -0.25) is 4.79 Å². The summed E-state index contributed by atoms with van der Waals surface area (Å²) in [6.45, 7) is 4.22. The molecule has 0 aliphatic heterocycles. The highest BCUT2D eigenvalue weighted by Crippen LogP contribution is 2.35. The standard InChI is InChI=1S/C17H19BrOS/c1-3-17(4-2,13-8-6-5-7-9-13)16(19)12-15-14(18)10-11-20-15/h5-11H,3-4,12H2,1-2H3. The van der Waals surface area contributed by atoms with Gasteiger partial charge in [0.15, 0.2) is 0 Å². The lowest BCUT2D eigenvalue weighted by Crippen LogP contribution is -2.35. The normalized spacial score (nSPS) is 11.6. The molecular weight excluding hydrogens is 332 g/mol. The van der Waals surface area contributed by atoms with Crippen molar-refractivity contribution in [3.63, 3.8) is 0 Å². The van der Waals surface area contributed by atoms with Crippen molar-refractivity contribution in [1.82, 2.24) is 0 Å². The first-order chi connectivity index (χ1) is 9.64. The van der Waals surface area contributed by atoms with Crippen LogP contribution in [0.3, 0.4) is 0 Å². The summed E-state index contributed by atoms with van der Waals surface area (Å²) in [6.07, 6.45) is 2.19. The second-order valence-electron chi connectivity index (χ2n) is 4.95. The third-order valence-corrected chi connectivity index (χ3v) is 6.01. The van der Waals surface area contributed by atoms with E-state index in [0.29, 0.717) is 12.2 Å². The van der Waals surface area contributed by atoms with E-state index >= 15 is 0 Å². The van der Waals surface area contributed by atoms with Crippen LogP contribution in [0.1, 0.15) is 37.1 Å². The Hall–Kier alpha value is -0.930. The number of hydrogen-bond donors (Lipinski definition) is 0. The van der Waals surface area contributed by atoms with Gasteiger partial charge in [0.25, 0.3) is 0 Å². The fourth-order valence-corrected chi connectivity index (χ4v) is 4.23. The topological polar surface area (TPSA) is 17.1 Å². The third kappa shape index (κ3) is 2.89. The van der Waals surface area contributed by atoms with Gasteiger partial charge in [0.05, 0.1) is 5.41 Å². The van der Waals surface area contributed by atoms with Crippen LogP contribution in [0.2, 0.25) is 0 Å². The SMILES string of the molecule is CCC(CC)(C(=O)Cc1sccc1Br)c1ccccc1. The maximum absolute atomic E-state index is 12.9. The molecule has 0 radical (unpaired) electrons. The van der Waals surface area contributed by atoms with Crippen molar-refractivity contribution >= 4 is 33.0 Å². The molecule has 0 amide bonds. The van der Waals surface area contributed by atoms with Gasteiger partial charge in [0.2, 0.25) is 0 Å². The average molecular weight is 351 g/mol.